The molecule has 2 rings (SSSR count). The Morgan fingerprint density at radius 2 is 1.71 bits per heavy atom. The van der Waals surface area contributed by atoms with Crippen molar-refractivity contribution in [3.8, 4) is 0 Å². The molecule has 0 saturated heterocycles. The van der Waals surface area contributed by atoms with E-state index >= 15 is 0 Å². The number of para-hydroxylation sites is 1. The number of halogens is 1. The number of carboxylic acid groups (broad SMARTS) is 1. The van der Waals surface area contributed by atoms with Crippen molar-refractivity contribution in [1.82, 2.24) is 0 Å². The Kier molecular flexibility index (Phi) is 4.45. The molecule has 2 aromatic rings. The molecule has 0 radical (unpaired) electrons. The lowest BCUT2D eigenvalue weighted by atomic mass is 10.1. The van der Waals surface area contributed by atoms with Gasteiger partial charge in [0.25, 0.3) is 5.91 Å². The third kappa shape index (κ3) is 3.52. The minimum atomic E-state index is -1.12. The van der Waals surface area contributed by atoms with Crippen LogP contribution in [0.4, 0.5) is 11.4 Å². The molecule has 108 valence electrons. The van der Waals surface area contributed by atoms with E-state index in [0.29, 0.717) is 16.4 Å². The molecule has 0 bridgehead atoms. The maximum Gasteiger partial charge on any atom is 0.323 e. The van der Waals surface area contributed by atoms with Gasteiger partial charge in [-0.25, -0.2) is 0 Å². The Morgan fingerprint density at radius 3 is 2.29 bits per heavy atom. The Labute approximate surface area is 126 Å². The van der Waals surface area contributed by atoms with Crippen LogP contribution in [0, 0.1) is 0 Å². The van der Waals surface area contributed by atoms with Crippen molar-refractivity contribution in [3.05, 3.63) is 59.1 Å². The topological polar surface area (TPSA) is 83.6 Å². The highest BCUT2D eigenvalue weighted by atomic mass is 35.5. The first-order valence-electron chi connectivity index (χ1n) is 6.13. The van der Waals surface area contributed by atoms with E-state index in [0.717, 1.165) is 4.90 Å². The van der Waals surface area contributed by atoms with Gasteiger partial charge >= 0.3 is 5.97 Å². The van der Waals surface area contributed by atoms with E-state index in [1.165, 1.54) is 0 Å². The van der Waals surface area contributed by atoms with E-state index < -0.39 is 18.4 Å². The molecule has 1 amide bonds. The fourth-order valence-corrected chi connectivity index (χ4v) is 2.00. The quantitative estimate of drug-likeness (QED) is 0.851. The molecule has 0 atom stereocenters. The summed E-state index contributed by atoms with van der Waals surface area (Å²) in [4.78, 5) is 24.7. The summed E-state index contributed by atoms with van der Waals surface area (Å²) >= 11 is 5.80. The van der Waals surface area contributed by atoms with Gasteiger partial charge in [0, 0.05) is 16.4 Å². The van der Waals surface area contributed by atoms with Crippen LogP contribution in [0.1, 0.15) is 10.4 Å². The molecule has 0 heterocycles. The predicted octanol–water partition coefficient (Wildman–Crippen LogP) is 2.65. The molecule has 6 heteroatoms. The molecule has 0 saturated carbocycles. The second-order valence-electron chi connectivity index (χ2n) is 4.35. The van der Waals surface area contributed by atoms with Crippen LogP contribution in [-0.4, -0.2) is 23.5 Å². The van der Waals surface area contributed by atoms with Crippen LogP contribution < -0.4 is 10.6 Å². The maximum absolute atomic E-state index is 12.5. The van der Waals surface area contributed by atoms with Crippen LogP contribution in [0.15, 0.2) is 48.5 Å². The third-order valence-electron chi connectivity index (χ3n) is 2.87. The van der Waals surface area contributed by atoms with Gasteiger partial charge in [-0.15, -0.1) is 0 Å². The molecule has 0 aliphatic carbocycles. The highest BCUT2D eigenvalue weighted by molar-refractivity contribution is 6.30. The van der Waals surface area contributed by atoms with Crippen molar-refractivity contribution in [2.45, 2.75) is 0 Å². The number of aliphatic carboxylic acids is 1. The van der Waals surface area contributed by atoms with Gasteiger partial charge in [0.15, 0.2) is 0 Å². The smallest absolute Gasteiger partial charge is 0.323 e. The number of nitrogens with two attached hydrogens (primary N) is 1. The summed E-state index contributed by atoms with van der Waals surface area (Å²) in [7, 11) is 0. The second-order valence-corrected chi connectivity index (χ2v) is 4.79. The highest BCUT2D eigenvalue weighted by Crippen LogP contribution is 2.22. The van der Waals surface area contributed by atoms with E-state index in [2.05, 4.69) is 0 Å². The van der Waals surface area contributed by atoms with Gasteiger partial charge in [0.1, 0.15) is 6.54 Å². The van der Waals surface area contributed by atoms with Crippen molar-refractivity contribution < 1.29 is 14.7 Å². The Bertz CT molecular complexity index is 671. The molecule has 0 aliphatic rings. The molecule has 0 aliphatic heterocycles. The van der Waals surface area contributed by atoms with Gasteiger partial charge in [0.2, 0.25) is 0 Å². The summed E-state index contributed by atoms with van der Waals surface area (Å²) in [5.74, 6) is -1.59. The predicted molar refractivity (Wildman–Crippen MR) is 81.6 cm³/mol. The number of hydrogen-bond donors (Lipinski definition) is 2. The first-order valence-corrected chi connectivity index (χ1v) is 6.50. The van der Waals surface area contributed by atoms with Crippen molar-refractivity contribution in [3.63, 3.8) is 0 Å². The van der Waals surface area contributed by atoms with E-state index in [4.69, 9.17) is 22.4 Å². The lowest BCUT2D eigenvalue weighted by Gasteiger charge is -2.21. The number of rotatable bonds is 4. The normalized spacial score (nSPS) is 10.1. The highest BCUT2D eigenvalue weighted by Gasteiger charge is 2.21. The van der Waals surface area contributed by atoms with Crippen molar-refractivity contribution in [2.75, 3.05) is 17.2 Å². The number of anilines is 2. The van der Waals surface area contributed by atoms with Gasteiger partial charge in [-0.3, -0.25) is 14.5 Å². The number of nitrogens with zero attached hydrogens (tertiary/aromatic N) is 1. The largest absolute Gasteiger partial charge is 0.480 e. The zero-order chi connectivity index (χ0) is 15.4. The first-order chi connectivity index (χ1) is 9.99. The molecule has 3 N–H and O–H groups in total. The number of amides is 1. The molecule has 0 fully saturated rings. The maximum atomic E-state index is 12.5. The second kappa shape index (κ2) is 6.28. The van der Waals surface area contributed by atoms with Gasteiger partial charge in [0.05, 0.1) is 5.56 Å². The van der Waals surface area contributed by atoms with Crippen LogP contribution in [0.25, 0.3) is 0 Å². The summed E-state index contributed by atoms with van der Waals surface area (Å²) < 4.78 is 0. The molecule has 2 aromatic carbocycles. The molecule has 0 spiro atoms. The van der Waals surface area contributed by atoms with Gasteiger partial charge in [-0.05, 0) is 36.4 Å². The van der Waals surface area contributed by atoms with Gasteiger partial charge in [-0.1, -0.05) is 23.7 Å². The SMILES string of the molecule is Nc1ccccc1C(=O)N(CC(=O)O)c1ccc(Cl)cc1. The zero-order valence-electron chi connectivity index (χ0n) is 11.0. The number of carboxylic acids is 1. The number of carbonyl (C=O) groups is 2. The number of benzene rings is 2. The summed E-state index contributed by atoms with van der Waals surface area (Å²) in [5.41, 5.74) is 6.77. The molecule has 0 aromatic heterocycles. The van der Waals surface area contributed by atoms with E-state index in [1.807, 2.05) is 0 Å². The Morgan fingerprint density at radius 1 is 1.10 bits per heavy atom. The Balaban J connectivity index is 2.40. The minimum absolute atomic E-state index is 0.258. The fourth-order valence-electron chi connectivity index (χ4n) is 1.87. The molecule has 5 nitrogen and oxygen atoms in total. The van der Waals surface area contributed by atoms with E-state index in [9.17, 15) is 9.59 Å². The van der Waals surface area contributed by atoms with Crippen LogP contribution in [0.3, 0.4) is 0 Å². The molecule has 21 heavy (non-hydrogen) atoms. The van der Waals surface area contributed by atoms with Crippen LogP contribution >= 0.6 is 11.6 Å². The molecular weight excluding hydrogens is 292 g/mol. The number of nitrogen functional groups attached to an aromatic ring is 1. The van der Waals surface area contributed by atoms with E-state index in [1.54, 1.807) is 48.5 Å². The van der Waals surface area contributed by atoms with Crippen molar-refractivity contribution in [1.29, 1.82) is 0 Å². The van der Waals surface area contributed by atoms with Crippen LogP contribution in [0.5, 0.6) is 0 Å². The van der Waals surface area contributed by atoms with Gasteiger partial charge in [-0.2, -0.15) is 0 Å². The molecular formula is C15H13ClN2O3. The Hall–Kier alpha value is -2.53. The minimum Gasteiger partial charge on any atom is -0.480 e. The lowest BCUT2D eigenvalue weighted by molar-refractivity contribution is -0.135. The zero-order valence-corrected chi connectivity index (χ0v) is 11.7. The average Bonchev–Trinajstić information content (AvgIpc) is 2.45. The number of hydrogen-bond acceptors (Lipinski definition) is 3. The number of carbonyl (C=O) groups excluding carboxylic acids is 1. The fraction of sp³-hybridized carbons (Fsp3) is 0.0667. The van der Waals surface area contributed by atoms with Crippen molar-refractivity contribution in [2.24, 2.45) is 0 Å². The van der Waals surface area contributed by atoms with Crippen molar-refractivity contribution >= 4 is 34.9 Å². The van der Waals surface area contributed by atoms with Crippen LogP contribution in [-0.2, 0) is 4.79 Å². The lowest BCUT2D eigenvalue weighted by Crippen LogP contribution is -2.36. The van der Waals surface area contributed by atoms with Gasteiger partial charge < -0.3 is 10.8 Å². The monoisotopic (exact) mass is 304 g/mol. The van der Waals surface area contributed by atoms with E-state index in [-0.39, 0.29) is 5.56 Å². The summed E-state index contributed by atoms with van der Waals surface area (Å²) in [6.45, 7) is -0.463. The first kappa shape index (κ1) is 14.9. The summed E-state index contributed by atoms with van der Waals surface area (Å²) in [5, 5.41) is 9.51. The summed E-state index contributed by atoms with van der Waals surface area (Å²) in [6, 6.07) is 12.9. The average molecular weight is 305 g/mol. The van der Waals surface area contributed by atoms with Crippen LogP contribution in [0.2, 0.25) is 5.02 Å². The summed E-state index contributed by atoms with van der Waals surface area (Å²) in [6.07, 6.45) is 0. The standard InChI is InChI=1S/C15H13ClN2O3/c16-10-5-7-11(8-6-10)18(9-14(19)20)15(21)12-3-1-2-4-13(12)17/h1-8H,9,17H2,(H,19,20). The molecule has 0 unspecified atom stereocenters. The third-order valence-corrected chi connectivity index (χ3v) is 3.12.